The summed E-state index contributed by atoms with van der Waals surface area (Å²) >= 11 is 0. The molecule has 0 aromatic carbocycles. The average molecular weight is 286 g/mol. The number of rotatable bonds is 3. The largest absolute Gasteiger partial charge is 0.333 e. The van der Waals surface area contributed by atoms with Crippen molar-refractivity contribution in [2.24, 2.45) is 7.05 Å². The number of nitrogens with zero attached hydrogens (tertiary/aromatic N) is 4. The van der Waals surface area contributed by atoms with Crippen LogP contribution in [0.15, 0.2) is 12.4 Å². The summed E-state index contributed by atoms with van der Waals surface area (Å²) in [6.07, 6.45) is 3.29. The summed E-state index contributed by atoms with van der Waals surface area (Å²) in [5, 5.41) is 0. The zero-order chi connectivity index (χ0) is 14.0. The number of carbonyl (C=O) groups excluding carboxylic acids is 1. The zero-order valence-electron chi connectivity index (χ0n) is 11.1. The van der Waals surface area contributed by atoms with Crippen molar-refractivity contribution in [2.75, 3.05) is 31.9 Å². The van der Waals surface area contributed by atoms with E-state index >= 15 is 0 Å². The summed E-state index contributed by atoms with van der Waals surface area (Å²) < 4.78 is 26.5. The third-order valence-corrected chi connectivity index (χ3v) is 5.18. The smallest absolute Gasteiger partial charge is 0.289 e. The number of imidazole rings is 1. The Bertz CT molecular complexity index is 558. The molecule has 1 aliphatic rings. The van der Waals surface area contributed by atoms with Gasteiger partial charge in [-0.25, -0.2) is 13.4 Å². The maximum atomic E-state index is 12.2. The zero-order valence-corrected chi connectivity index (χ0v) is 11.9. The fourth-order valence-corrected chi connectivity index (χ4v) is 3.15. The molecule has 0 aliphatic carbocycles. The minimum Gasteiger partial charge on any atom is -0.333 e. The van der Waals surface area contributed by atoms with Gasteiger partial charge in [0.1, 0.15) is 0 Å². The number of sulfonamides is 1. The Kier molecular flexibility index (Phi) is 3.91. The predicted octanol–water partition coefficient (Wildman–Crippen LogP) is -0.472. The molecular formula is C11H18N4O3S. The van der Waals surface area contributed by atoms with E-state index in [1.54, 1.807) is 35.8 Å². The molecule has 8 heteroatoms. The third kappa shape index (κ3) is 2.79. The molecule has 0 radical (unpaired) electrons. The van der Waals surface area contributed by atoms with Crippen molar-refractivity contribution in [3.8, 4) is 0 Å². The van der Waals surface area contributed by atoms with Crippen molar-refractivity contribution >= 4 is 15.9 Å². The summed E-state index contributed by atoms with van der Waals surface area (Å²) in [7, 11) is -1.40. The number of carbonyl (C=O) groups is 1. The van der Waals surface area contributed by atoms with Gasteiger partial charge in [0.05, 0.1) is 5.75 Å². The van der Waals surface area contributed by atoms with E-state index in [4.69, 9.17) is 0 Å². The lowest BCUT2D eigenvalue weighted by molar-refractivity contribution is 0.0682. The van der Waals surface area contributed by atoms with Crippen molar-refractivity contribution in [1.29, 1.82) is 0 Å². The molecular weight excluding hydrogens is 268 g/mol. The minimum absolute atomic E-state index is 0.0975. The summed E-state index contributed by atoms with van der Waals surface area (Å²) in [6, 6.07) is 0. The highest BCUT2D eigenvalue weighted by molar-refractivity contribution is 7.89. The molecule has 1 aromatic rings. The highest BCUT2D eigenvalue weighted by atomic mass is 32.2. The van der Waals surface area contributed by atoms with Crippen LogP contribution in [0.25, 0.3) is 0 Å². The topological polar surface area (TPSA) is 75.5 Å². The highest BCUT2D eigenvalue weighted by Gasteiger charge is 2.29. The van der Waals surface area contributed by atoms with Crippen LogP contribution in [0.1, 0.15) is 17.5 Å². The van der Waals surface area contributed by atoms with Gasteiger partial charge in [0, 0.05) is 45.6 Å². The van der Waals surface area contributed by atoms with Crippen molar-refractivity contribution in [3.05, 3.63) is 18.2 Å². The van der Waals surface area contributed by atoms with Gasteiger partial charge >= 0.3 is 0 Å². The van der Waals surface area contributed by atoms with Crippen LogP contribution in [0, 0.1) is 0 Å². The number of piperazine rings is 1. The lowest BCUT2D eigenvalue weighted by Gasteiger charge is -2.33. The Labute approximate surface area is 112 Å². The first-order valence-electron chi connectivity index (χ1n) is 6.20. The van der Waals surface area contributed by atoms with E-state index in [2.05, 4.69) is 4.98 Å². The molecule has 1 aromatic heterocycles. The van der Waals surface area contributed by atoms with E-state index in [9.17, 15) is 13.2 Å². The second-order valence-electron chi connectivity index (χ2n) is 4.45. The Hall–Kier alpha value is -1.41. The lowest BCUT2D eigenvalue weighted by Crippen LogP contribution is -2.51. The van der Waals surface area contributed by atoms with Crippen LogP contribution in [0.2, 0.25) is 0 Å². The van der Waals surface area contributed by atoms with E-state index in [1.807, 2.05) is 0 Å². The van der Waals surface area contributed by atoms with Crippen LogP contribution >= 0.6 is 0 Å². The fourth-order valence-electron chi connectivity index (χ4n) is 2.07. The summed E-state index contributed by atoms with van der Waals surface area (Å²) in [5.41, 5.74) is 0. The van der Waals surface area contributed by atoms with Crippen molar-refractivity contribution < 1.29 is 13.2 Å². The van der Waals surface area contributed by atoms with Gasteiger partial charge in [0.25, 0.3) is 5.91 Å². The average Bonchev–Trinajstić information content (AvgIpc) is 2.84. The van der Waals surface area contributed by atoms with Gasteiger partial charge in [0.15, 0.2) is 5.82 Å². The summed E-state index contributed by atoms with van der Waals surface area (Å²) in [4.78, 5) is 17.8. The van der Waals surface area contributed by atoms with Gasteiger partial charge in [0.2, 0.25) is 10.0 Å². The molecule has 106 valence electrons. The SMILES string of the molecule is CCS(=O)(=O)N1CCN(C(=O)c2nccn2C)CC1. The van der Waals surface area contributed by atoms with Crippen LogP contribution in [-0.4, -0.2) is 65.0 Å². The van der Waals surface area contributed by atoms with E-state index in [0.29, 0.717) is 32.0 Å². The number of aromatic nitrogens is 2. The second-order valence-corrected chi connectivity index (χ2v) is 6.71. The van der Waals surface area contributed by atoms with E-state index in [0.717, 1.165) is 0 Å². The molecule has 7 nitrogen and oxygen atoms in total. The summed E-state index contributed by atoms with van der Waals surface area (Å²) in [6.45, 7) is 3.15. The quantitative estimate of drug-likeness (QED) is 0.752. The van der Waals surface area contributed by atoms with Crippen LogP contribution in [0.5, 0.6) is 0 Å². The van der Waals surface area contributed by atoms with Crippen molar-refractivity contribution in [1.82, 2.24) is 18.8 Å². The van der Waals surface area contributed by atoms with Crippen molar-refractivity contribution in [2.45, 2.75) is 6.92 Å². The molecule has 0 atom stereocenters. The van der Waals surface area contributed by atoms with Gasteiger partial charge in [-0.05, 0) is 6.92 Å². The summed E-state index contributed by atoms with van der Waals surface area (Å²) in [5.74, 6) is 0.327. The van der Waals surface area contributed by atoms with Crippen LogP contribution in [0.3, 0.4) is 0 Å². The maximum Gasteiger partial charge on any atom is 0.289 e. The molecule has 0 bridgehead atoms. The third-order valence-electron chi connectivity index (χ3n) is 3.30. The number of hydrogen-bond acceptors (Lipinski definition) is 4. The Morgan fingerprint density at radius 2 is 1.95 bits per heavy atom. The molecule has 0 unspecified atom stereocenters. The maximum absolute atomic E-state index is 12.2. The molecule has 1 amide bonds. The van der Waals surface area contributed by atoms with Gasteiger partial charge in [-0.2, -0.15) is 4.31 Å². The number of amides is 1. The second kappa shape index (κ2) is 5.30. The van der Waals surface area contributed by atoms with Crippen LogP contribution in [0.4, 0.5) is 0 Å². The Morgan fingerprint density at radius 3 is 2.42 bits per heavy atom. The predicted molar refractivity (Wildman–Crippen MR) is 70.1 cm³/mol. The molecule has 1 aliphatic heterocycles. The highest BCUT2D eigenvalue weighted by Crippen LogP contribution is 2.10. The van der Waals surface area contributed by atoms with Crippen molar-refractivity contribution in [3.63, 3.8) is 0 Å². The normalized spacial score (nSPS) is 17.7. The van der Waals surface area contributed by atoms with E-state index < -0.39 is 10.0 Å². The molecule has 2 heterocycles. The molecule has 1 saturated heterocycles. The van der Waals surface area contributed by atoms with Gasteiger partial charge < -0.3 is 9.47 Å². The molecule has 2 rings (SSSR count). The molecule has 0 N–H and O–H groups in total. The molecule has 0 saturated carbocycles. The monoisotopic (exact) mass is 286 g/mol. The van der Waals surface area contributed by atoms with E-state index in [1.165, 1.54) is 4.31 Å². The lowest BCUT2D eigenvalue weighted by atomic mass is 10.3. The van der Waals surface area contributed by atoms with Crippen LogP contribution in [-0.2, 0) is 17.1 Å². The van der Waals surface area contributed by atoms with Gasteiger partial charge in [-0.15, -0.1) is 0 Å². The minimum atomic E-state index is -3.16. The molecule has 1 fully saturated rings. The van der Waals surface area contributed by atoms with E-state index in [-0.39, 0.29) is 11.7 Å². The van der Waals surface area contributed by atoms with Crippen LogP contribution < -0.4 is 0 Å². The molecule has 19 heavy (non-hydrogen) atoms. The first kappa shape index (κ1) is 14.0. The van der Waals surface area contributed by atoms with Gasteiger partial charge in [-0.1, -0.05) is 0 Å². The number of hydrogen-bond donors (Lipinski definition) is 0. The first-order valence-corrected chi connectivity index (χ1v) is 7.81. The van der Waals surface area contributed by atoms with Gasteiger partial charge in [-0.3, -0.25) is 4.79 Å². The first-order chi connectivity index (χ1) is 8.95. The standard InChI is InChI=1S/C11H18N4O3S/c1-3-19(17,18)15-8-6-14(7-9-15)11(16)10-12-4-5-13(10)2/h4-5H,3,6-9H2,1-2H3. The fraction of sp³-hybridized carbons (Fsp3) is 0.636. The Balaban J connectivity index is 2.01. The molecule has 0 spiro atoms. The Morgan fingerprint density at radius 1 is 1.32 bits per heavy atom. The number of aryl methyl sites for hydroxylation is 1.